The summed E-state index contributed by atoms with van der Waals surface area (Å²) in [5.41, 5.74) is 0. The molecule has 0 radical (unpaired) electrons. The van der Waals surface area contributed by atoms with Gasteiger partial charge < -0.3 is 20.3 Å². The van der Waals surface area contributed by atoms with Crippen molar-refractivity contribution in [3.8, 4) is 0 Å². The van der Waals surface area contributed by atoms with Gasteiger partial charge in [-0.2, -0.15) is 0 Å². The summed E-state index contributed by atoms with van der Waals surface area (Å²) in [5.74, 6) is -0.0354. The number of hydrogen-bond donors (Lipinski definition) is 3. The number of aliphatic hydroxyl groups excluding tert-OH is 2. The fraction of sp³-hybridized carbons (Fsp3) is 0.877. The van der Waals surface area contributed by atoms with Gasteiger partial charge in [0.2, 0.25) is 5.91 Å². The molecule has 0 bridgehead atoms. The van der Waals surface area contributed by atoms with E-state index in [0.717, 1.165) is 51.4 Å². The zero-order valence-corrected chi connectivity index (χ0v) is 47.7. The highest BCUT2D eigenvalue weighted by molar-refractivity contribution is 5.76. The van der Waals surface area contributed by atoms with Gasteiger partial charge in [-0.3, -0.25) is 9.59 Å². The van der Waals surface area contributed by atoms with E-state index in [4.69, 9.17) is 4.74 Å². The number of amides is 1. The van der Waals surface area contributed by atoms with Crippen LogP contribution in [0.3, 0.4) is 0 Å². The van der Waals surface area contributed by atoms with Gasteiger partial charge in [0.05, 0.1) is 25.4 Å². The van der Waals surface area contributed by atoms with E-state index in [0.29, 0.717) is 25.9 Å². The van der Waals surface area contributed by atoms with Gasteiger partial charge in [0.25, 0.3) is 0 Å². The van der Waals surface area contributed by atoms with E-state index in [9.17, 15) is 19.8 Å². The van der Waals surface area contributed by atoms with Gasteiger partial charge in [0.1, 0.15) is 0 Å². The van der Waals surface area contributed by atoms with Crippen molar-refractivity contribution >= 4 is 11.9 Å². The molecule has 0 saturated carbocycles. The highest BCUT2D eigenvalue weighted by atomic mass is 16.5. The Morgan fingerprint density at radius 3 is 1.08 bits per heavy atom. The van der Waals surface area contributed by atoms with Crippen molar-refractivity contribution in [1.82, 2.24) is 5.32 Å². The summed E-state index contributed by atoms with van der Waals surface area (Å²) in [6.07, 6.45) is 76.0. The fourth-order valence-corrected chi connectivity index (χ4v) is 9.78. The second-order valence-electron chi connectivity index (χ2n) is 21.7. The van der Waals surface area contributed by atoms with Crippen LogP contribution in [-0.2, 0) is 14.3 Å². The van der Waals surface area contributed by atoms with Gasteiger partial charge in [-0.05, 0) is 83.5 Å². The van der Waals surface area contributed by atoms with Crippen LogP contribution in [0.25, 0.3) is 0 Å². The minimum absolute atomic E-state index is 0.00326. The molecule has 0 fully saturated rings. The molecule has 71 heavy (non-hydrogen) atoms. The molecule has 0 aliphatic carbocycles. The number of aliphatic hydroxyl groups is 2. The minimum atomic E-state index is -0.665. The molecule has 0 aliphatic rings. The van der Waals surface area contributed by atoms with Crippen molar-refractivity contribution in [3.05, 3.63) is 36.5 Å². The van der Waals surface area contributed by atoms with Gasteiger partial charge in [0.15, 0.2) is 0 Å². The first-order chi connectivity index (χ1) is 35.0. The lowest BCUT2D eigenvalue weighted by molar-refractivity contribution is -0.143. The number of hydrogen-bond acceptors (Lipinski definition) is 5. The van der Waals surface area contributed by atoms with Crippen LogP contribution in [0.15, 0.2) is 36.5 Å². The Morgan fingerprint density at radius 1 is 0.394 bits per heavy atom. The molecule has 3 N–H and O–H groups in total. The van der Waals surface area contributed by atoms with Crippen LogP contribution >= 0.6 is 0 Å². The first-order valence-corrected chi connectivity index (χ1v) is 31.7. The number of nitrogens with one attached hydrogen (secondary N) is 1. The molecule has 1 amide bonds. The Hall–Kier alpha value is -1.92. The maximum absolute atomic E-state index is 12.4. The Balaban J connectivity index is 3.40. The zero-order chi connectivity index (χ0) is 51.4. The largest absolute Gasteiger partial charge is 0.466 e. The van der Waals surface area contributed by atoms with Crippen LogP contribution in [0.4, 0.5) is 0 Å². The molecular weight excluding hydrogens is 875 g/mol. The monoisotopic (exact) mass is 998 g/mol. The molecule has 6 heteroatoms. The van der Waals surface area contributed by atoms with E-state index < -0.39 is 12.1 Å². The van der Waals surface area contributed by atoms with Crippen molar-refractivity contribution < 1.29 is 24.5 Å². The fourth-order valence-electron chi connectivity index (χ4n) is 9.78. The van der Waals surface area contributed by atoms with Gasteiger partial charge in [-0.1, -0.05) is 281 Å². The lowest BCUT2D eigenvalue weighted by Gasteiger charge is -2.22. The lowest BCUT2D eigenvalue weighted by atomic mass is 10.0. The first kappa shape index (κ1) is 69.1. The lowest BCUT2D eigenvalue weighted by Crippen LogP contribution is -2.45. The molecule has 0 aromatic rings. The highest BCUT2D eigenvalue weighted by Crippen LogP contribution is 2.17. The van der Waals surface area contributed by atoms with E-state index in [1.54, 1.807) is 0 Å². The Labute approximate surface area is 443 Å². The summed E-state index contributed by atoms with van der Waals surface area (Å²) in [6.45, 7) is 4.95. The molecule has 2 atom stereocenters. The van der Waals surface area contributed by atoms with Crippen molar-refractivity contribution in [1.29, 1.82) is 0 Å². The number of ether oxygens (including phenoxy) is 1. The molecule has 0 rings (SSSR count). The summed E-state index contributed by atoms with van der Waals surface area (Å²) in [6, 6.07) is -0.543. The highest BCUT2D eigenvalue weighted by Gasteiger charge is 2.20. The smallest absolute Gasteiger partial charge is 0.305 e. The normalized spacial score (nSPS) is 12.8. The summed E-state index contributed by atoms with van der Waals surface area (Å²) in [4.78, 5) is 24.5. The van der Waals surface area contributed by atoms with Gasteiger partial charge in [-0.15, -0.1) is 0 Å². The summed E-state index contributed by atoms with van der Waals surface area (Å²) >= 11 is 0. The molecule has 0 aromatic carbocycles. The molecule has 0 spiro atoms. The van der Waals surface area contributed by atoms with Crippen LogP contribution < -0.4 is 5.32 Å². The predicted molar refractivity (Wildman–Crippen MR) is 310 cm³/mol. The third kappa shape index (κ3) is 57.2. The number of carbonyl (C=O) groups is 2. The number of esters is 1. The second-order valence-corrected chi connectivity index (χ2v) is 21.7. The molecule has 418 valence electrons. The predicted octanol–water partition coefficient (Wildman–Crippen LogP) is 20.0. The maximum Gasteiger partial charge on any atom is 0.305 e. The Bertz CT molecular complexity index is 1150. The molecule has 0 aromatic heterocycles. The van der Waals surface area contributed by atoms with E-state index in [-0.39, 0.29) is 18.5 Å². The van der Waals surface area contributed by atoms with Crippen LogP contribution in [0, 0.1) is 0 Å². The van der Waals surface area contributed by atoms with Crippen molar-refractivity contribution in [2.45, 2.75) is 353 Å². The molecule has 2 unspecified atom stereocenters. The zero-order valence-electron chi connectivity index (χ0n) is 47.7. The van der Waals surface area contributed by atoms with Gasteiger partial charge >= 0.3 is 5.97 Å². The van der Waals surface area contributed by atoms with Crippen molar-refractivity contribution in [2.24, 2.45) is 0 Å². The van der Waals surface area contributed by atoms with E-state index in [2.05, 4.69) is 55.6 Å². The van der Waals surface area contributed by atoms with Gasteiger partial charge in [-0.25, -0.2) is 0 Å². The summed E-state index contributed by atoms with van der Waals surface area (Å²) in [5, 5.41) is 23.2. The first-order valence-electron chi connectivity index (χ1n) is 31.7. The summed E-state index contributed by atoms with van der Waals surface area (Å²) in [7, 11) is 0. The maximum atomic E-state index is 12.4. The van der Waals surface area contributed by atoms with E-state index in [1.807, 2.05) is 0 Å². The van der Waals surface area contributed by atoms with Crippen LogP contribution in [-0.4, -0.2) is 47.4 Å². The van der Waals surface area contributed by atoms with Crippen molar-refractivity contribution in [2.75, 3.05) is 13.2 Å². The molecule has 0 saturated heterocycles. The minimum Gasteiger partial charge on any atom is -0.466 e. The number of unbranched alkanes of at least 4 members (excludes halogenated alkanes) is 42. The quantitative estimate of drug-likeness (QED) is 0.0321. The molecular formula is C65H123NO5. The van der Waals surface area contributed by atoms with Crippen molar-refractivity contribution in [3.63, 3.8) is 0 Å². The molecule has 6 nitrogen and oxygen atoms in total. The van der Waals surface area contributed by atoms with Gasteiger partial charge in [0, 0.05) is 12.8 Å². The van der Waals surface area contributed by atoms with Crippen LogP contribution in [0.2, 0.25) is 0 Å². The number of allylic oxidation sites excluding steroid dienone is 6. The molecule has 0 aliphatic heterocycles. The third-order valence-electron chi connectivity index (χ3n) is 14.7. The Kier molecular flexibility index (Phi) is 59.0. The third-order valence-corrected chi connectivity index (χ3v) is 14.7. The average Bonchev–Trinajstić information content (AvgIpc) is 3.37. The second kappa shape index (κ2) is 60.6. The SMILES string of the molecule is CCCCCCCCC/C=C\CCCCCCCC(=O)OCCCCCCCCCCC/C=C\C/C=C\CCCCCCCCCCCCCC(=O)NC(CO)C(O)CCCCCCCCCCCCC. The van der Waals surface area contributed by atoms with Crippen LogP contribution in [0.5, 0.6) is 0 Å². The Morgan fingerprint density at radius 2 is 0.704 bits per heavy atom. The standard InChI is InChI=1S/C65H123NO5/c1-3-5-7-9-11-13-15-16-17-32-35-39-43-47-51-55-59-65(70)71-60-56-52-48-44-40-36-33-30-28-26-24-22-20-18-19-21-23-25-27-29-31-34-38-42-46-50-54-58-64(69)66-62(61-67)63(68)57-53-49-45-41-37-14-12-10-8-6-4-2/h17-19,22,24,32,62-63,67-68H,3-16,20-21,23,25-31,33-61H2,1-2H3,(H,66,69)/b19-18-,24-22-,32-17-. The topological polar surface area (TPSA) is 95.9 Å². The summed E-state index contributed by atoms with van der Waals surface area (Å²) < 4.78 is 5.48. The van der Waals surface area contributed by atoms with E-state index in [1.165, 1.54) is 257 Å². The number of carbonyl (C=O) groups excluding carboxylic acids is 2. The van der Waals surface area contributed by atoms with E-state index >= 15 is 0 Å². The number of rotatable bonds is 59. The average molecular weight is 999 g/mol. The van der Waals surface area contributed by atoms with Crippen LogP contribution in [0.1, 0.15) is 341 Å². The molecule has 0 heterocycles.